The fraction of sp³-hybridized carbons (Fsp3) is 0.766. The van der Waals surface area contributed by atoms with Gasteiger partial charge in [0.25, 0.3) is 0 Å². The van der Waals surface area contributed by atoms with Crippen molar-refractivity contribution >= 4 is 88.1 Å². The van der Waals surface area contributed by atoms with Crippen LogP contribution in [0.5, 0.6) is 0 Å². The van der Waals surface area contributed by atoms with Crippen molar-refractivity contribution in [2.45, 2.75) is 232 Å². The highest BCUT2D eigenvalue weighted by Crippen LogP contribution is 2.25. The Morgan fingerprint density at radius 3 is 1.17 bits per heavy atom. The summed E-state index contributed by atoms with van der Waals surface area (Å²) in [6.07, 6.45) is -4.37. The van der Waals surface area contributed by atoms with Crippen LogP contribution in [0, 0.1) is 47.3 Å². The number of carbonyl (C=O) groups is 13. The number of hydrogen-bond acceptors (Lipinski definition) is 20. The van der Waals surface area contributed by atoms with E-state index in [0.29, 0.717) is 32.2 Å². The zero-order valence-electron chi connectivity index (χ0n) is 57.5. The van der Waals surface area contributed by atoms with E-state index in [-0.39, 0.29) is 114 Å². The summed E-state index contributed by atoms with van der Waals surface area (Å²) in [6.45, 7) is 11.4. The summed E-state index contributed by atoms with van der Waals surface area (Å²) in [6, 6.07) is -6.74. The number of Topliss-reactive ketones (excluding diaryl/α,β-unsaturated/α-hetero) is 5. The summed E-state index contributed by atoms with van der Waals surface area (Å²) in [7, 11) is 0. The Balaban J connectivity index is 7.39. The maximum atomic E-state index is 14.8. The van der Waals surface area contributed by atoms with E-state index in [0.717, 1.165) is 0 Å². The lowest BCUT2D eigenvalue weighted by Gasteiger charge is -2.28. The van der Waals surface area contributed by atoms with Crippen molar-refractivity contribution in [1.29, 1.82) is 0 Å². The van der Waals surface area contributed by atoms with Crippen molar-refractivity contribution in [2.75, 3.05) is 32.8 Å². The van der Waals surface area contributed by atoms with E-state index in [4.69, 9.17) is 51.6 Å². The second kappa shape index (κ2) is 48.2. The van der Waals surface area contributed by atoms with E-state index >= 15 is 0 Å². The molecule has 0 radical (unpaired) electrons. The van der Waals surface area contributed by atoms with Crippen molar-refractivity contribution in [3.8, 4) is 0 Å². The third-order valence-corrected chi connectivity index (χ3v) is 16.2. The quantitative estimate of drug-likeness (QED) is 0.0171. The average molecular weight is 1370 g/mol. The molecule has 13 atom stereocenters. The number of primary amides is 3. The van der Waals surface area contributed by atoms with Crippen LogP contribution < -0.4 is 78.2 Å². The molecule has 0 saturated carbocycles. The maximum absolute atomic E-state index is 14.8. The van der Waals surface area contributed by atoms with E-state index in [9.17, 15) is 77.6 Å². The minimum Gasteiger partial charge on any atom is -0.396 e. The molecule has 32 heteroatoms. The molecule has 0 bridgehead atoms. The van der Waals surface area contributed by atoms with Gasteiger partial charge < -0.3 is 93.5 Å². The number of aliphatic hydroxyl groups is 3. The first-order valence-corrected chi connectivity index (χ1v) is 33.5. The molecule has 0 aliphatic carbocycles. The van der Waals surface area contributed by atoms with Crippen molar-refractivity contribution in [2.24, 2.45) is 109 Å². The van der Waals surface area contributed by atoms with E-state index in [2.05, 4.69) is 36.6 Å². The standard InChI is InChI=1S/C64H116N16O16/c1-35(2)26-43(62(96)77-45(16-9-11-23-66)51(86)33-44(34-81)57(69)91)32-52(87)48(27-36(3)4)79-60(94)40(14-8-10-22-65)29-49(84)46(17-13-25-75-64(72)73)76-61(95)42(18-20-54(67)89)30-50(85)47(19-21-55(68)90)78-59(93)41(15-12-24-74-63(70)71)31-53(88)56(39(7)83)80-58(92)37(5)28-38(6)82/h35-48,56,81-83H,8-34,65-66H2,1-7H3,(H2,67,89)(H2,68,90)(H2,69,91)(H,76,95)(H,77,96)(H,78,93)(H,79,94)(H,80,92)(H4,70,71,74)(H4,72,73,75)/t37-,38?,39+,40+,41+,42+,43+,44-,45-,46-,47-,48-,56-/m0/s1. The molecule has 0 fully saturated rings. The number of aliphatic hydroxyl groups excluding tert-OH is 3. The topological polar surface area (TPSA) is 602 Å². The molecule has 96 heavy (non-hydrogen) atoms. The van der Waals surface area contributed by atoms with Gasteiger partial charge >= 0.3 is 0 Å². The van der Waals surface area contributed by atoms with Crippen molar-refractivity contribution in [1.82, 2.24) is 26.6 Å². The van der Waals surface area contributed by atoms with Gasteiger partial charge in [-0.3, -0.25) is 72.3 Å². The largest absolute Gasteiger partial charge is 0.396 e. The summed E-state index contributed by atoms with van der Waals surface area (Å²) in [4.78, 5) is 186. The Morgan fingerprint density at radius 2 is 0.750 bits per heavy atom. The third-order valence-electron chi connectivity index (χ3n) is 16.2. The summed E-state index contributed by atoms with van der Waals surface area (Å²) >= 11 is 0. The predicted molar refractivity (Wildman–Crippen MR) is 360 cm³/mol. The van der Waals surface area contributed by atoms with E-state index in [1.54, 1.807) is 0 Å². The molecular formula is C64H116N16O16. The Morgan fingerprint density at radius 1 is 0.385 bits per heavy atom. The molecule has 0 aromatic carbocycles. The predicted octanol–water partition coefficient (Wildman–Crippen LogP) is -2.46. The fourth-order valence-electron chi connectivity index (χ4n) is 10.9. The first kappa shape index (κ1) is 88.5. The molecule has 32 nitrogen and oxygen atoms in total. The first-order valence-electron chi connectivity index (χ1n) is 33.5. The number of hydrogen-bond donors (Lipinski definition) is 17. The Labute approximate surface area is 564 Å². The number of nitrogens with two attached hydrogens (primary N) is 9. The van der Waals surface area contributed by atoms with Crippen LogP contribution in [0.4, 0.5) is 0 Å². The van der Waals surface area contributed by atoms with Gasteiger partial charge in [0.2, 0.25) is 47.3 Å². The third kappa shape index (κ3) is 38.3. The minimum atomic E-state index is -1.56. The number of amides is 8. The number of guanidine groups is 2. The van der Waals surface area contributed by atoms with Gasteiger partial charge in [-0.25, -0.2) is 0 Å². The summed E-state index contributed by atoms with van der Waals surface area (Å²) in [5.41, 5.74) is 50.2. The van der Waals surface area contributed by atoms with Crippen molar-refractivity contribution < 1.29 is 77.6 Å². The van der Waals surface area contributed by atoms with Crippen LogP contribution in [0.15, 0.2) is 9.98 Å². The van der Waals surface area contributed by atoms with Gasteiger partial charge in [0, 0.05) is 87.6 Å². The molecule has 0 rings (SSSR count). The molecule has 0 aromatic heterocycles. The van der Waals surface area contributed by atoms with Crippen LogP contribution in [0.3, 0.4) is 0 Å². The summed E-state index contributed by atoms with van der Waals surface area (Å²) in [5.74, 6) is -17.4. The molecule has 548 valence electrons. The number of rotatable bonds is 56. The molecule has 0 aliphatic heterocycles. The minimum absolute atomic E-state index is 0.000914. The zero-order chi connectivity index (χ0) is 73.4. The van der Waals surface area contributed by atoms with E-state index in [1.165, 1.54) is 20.8 Å². The van der Waals surface area contributed by atoms with Gasteiger partial charge in [-0.2, -0.15) is 0 Å². The number of nitrogens with one attached hydrogen (secondary N) is 5. The number of ketones is 5. The normalized spacial score (nSPS) is 15.4. The van der Waals surface area contributed by atoms with Gasteiger partial charge in [0.1, 0.15) is 6.04 Å². The van der Waals surface area contributed by atoms with Crippen LogP contribution in [-0.4, -0.2) is 179 Å². The Bertz CT molecular complexity index is 2580. The number of carbonyl (C=O) groups excluding carboxylic acids is 13. The molecular weight excluding hydrogens is 1250 g/mol. The van der Waals surface area contributed by atoms with Gasteiger partial charge in [0.15, 0.2) is 40.8 Å². The second-order valence-corrected chi connectivity index (χ2v) is 26.1. The van der Waals surface area contributed by atoms with Crippen molar-refractivity contribution in [3.05, 3.63) is 0 Å². The summed E-state index contributed by atoms with van der Waals surface area (Å²) in [5, 5.41) is 43.6. The highest BCUT2D eigenvalue weighted by atomic mass is 16.3. The molecule has 0 saturated heterocycles. The molecule has 0 heterocycles. The van der Waals surface area contributed by atoms with Crippen LogP contribution in [0.25, 0.3) is 0 Å². The Hall–Kier alpha value is -7.55. The average Bonchev–Trinajstić information content (AvgIpc) is 0.904. The fourth-order valence-corrected chi connectivity index (χ4v) is 10.9. The zero-order valence-corrected chi connectivity index (χ0v) is 57.5. The molecule has 8 amide bonds. The molecule has 0 aliphatic rings. The van der Waals surface area contributed by atoms with Crippen LogP contribution >= 0.6 is 0 Å². The highest BCUT2D eigenvalue weighted by Gasteiger charge is 2.38. The van der Waals surface area contributed by atoms with Gasteiger partial charge in [0.05, 0.1) is 48.9 Å². The lowest BCUT2D eigenvalue weighted by atomic mass is 9.86. The van der Waals surface area contributed by atoms with Crippen LogP contribution in [0.1, 0.15) is 190 Å². The van der Waals surface area contributed by atoms with Gasteiger partial charge in [-0.1, -0.05) is 41.0 Å². The second-order valence-electron chi connectivity index (χ2n) is 26.1. The number of nitrogens with zero attached hydrogens (tertiary/aromatic N) is 2. The van der Waals surface area contributed by atoms with Crippen LogP contribution in [0.2, 0.25) is 0 Å². The van der Waals surface area contributed by atoms with E-state index in [1.807, 2.05) is 27.7 Å². The summed E-state index contributed by atoms with van der Waals surface area (Å²) < 4.78 is 0. The maximum Gasteiger partial charge on any atom is 0.224 e. The first-order chi connectivity index (χ1) is 45.0. The lowest BCUT2D eigenvalue weighted by Crippen LogP contribution is -2.51. The number of aliphatic imine (C=N–C) groups is 2. The lowest BCUT2D eigenvalue weighted by molar-refractivity contribution is -0.137. The van der Waals surface area contributed by atoms with Crippen molar-refractivity contribution in [3.63, 3.8) is 0 Å². The van der Waals surface area contributed by atoms with Crippen LogP contribution in [-0.2, 0) is 62.3 Å². The monoisotopic (exact) mass is 1360 g/mol. The molecule has 1 unspecified atom stereocenters. The highest BCUT2D eigenvalue weighted by molar-refractivity contribution is 5.99. The smallest absolute Gasteiger partial charge is 0.224 e. The molecule has 0 aromatic rings. The van der Waals surface area contributed by atoms with Gasteiger partial charge in [-0.15, -0.1) is 0 Å². The SMILES string of the molecule is CC(C)C[C@H](CC(=O)[C@H](CC(C)C)NC(=O)[C@H](CCCCN)CC(=O)[C@H](CCCN=C(N)N)NC(=O)[C@H](CCC(N)=O)CC(=O)[C@H](CCC(N)=O)NC(=O)[C@H](CCCN=C(N)N)CC(=O)[C@@H](NC(=O)[C@@H](C)CC(C)O)[C@@H](C)O)C(=O)N[C@@H](CCCCN)C(=O)C[C@@H](CO)C(N)=O. The number of unbranched alkanes of at least 4 members (excludes halogenated alkanes) is 2. The van der Waals surface area contributed by atoms with Gasteiger partial charge in [-0.05, 0) is 129 Å². The molecule has 26 N–H and O–H groups in total. The molecule has 0 spiro atoms. The van der Waals surface area contributed by atoms with E-state index < -0.39 is 206 Å². The Kier molecular flexibility index (Phi) is 44.4.